The molecule has 1 fully saturated rings. The third-order valence-electron chi connectivity index (χ3n) is 6.60. The van der Waals surface area contributed by atoms with Gasteiger partial charge in [0.1, 0.15) is 11.3 Å². The summed E-state index contributed by atoms with van der Waals surface area (Å²) in [4.78, 5) is 25.0. The predicted molar refractivity (Wildman–Crippen MR) is 144 cm³/mol. The number of rotatable bonds is 7. The lowest BCUT2D eigenvalue weighted by molar-refractivity contribution is -0.123. The molecular weight excluding hydrogens is 508 g/mol. The van der Waals surface area contributed by atoms with Crippen LogP contribution in [-0.4, -0.2) is 48.8 Å². The Morgan fingerprint density at radius 3 is 2.51 bits per heavy atom. The van der Waals surface area contributed by atoms with E-state index in [1.165, 1.54) is 15.6 Å². The third kappa shape index (κ3) is 5.22. The number of aromatic nitrogens is 2. The van der Waals surface area contributed by atoms with Crippen LogP contribution in [0.1, 0.15) is 24.1 Å². The highest BCUT2D eigenvalue weighted by molar-refractivity contribution is 7.89. The summed E-state index contributed by atoms with van der Waals surface area (Å²) in [6, 6.07) is 18.2. The van der Waals surface area contributed by atoms with Gasteiger partial charge in [-0.1, -0.05) is 41.2 Å². The molecule has 1 aliphatic heterocycles. The maximum Gasteiger partial charge on any atom is 0.243 e. The van der Waals surface area contributed by atoms with Crippen LogP contribution in [0.2, 0.25) is 0 Å². The van der Waals surface area contributed by atoms with Crippen LogP contribution in [0.5, 0.6) is 5.75 Å². The first-order valence-electron chi connectivity index (χ1n) is 12.1. The number of sulfonamides is 1. The number of carbonyl (C=O) groups excluding carboxylic acids is 1. The minimum atomic E-state index is -3.60. The molecular formula is C27H28N4O4S2. The van der Waals surface area contributed by atoms with E-state index in [1.807, 2.05) is 43.3 Å². The number of methoxy groups -OCH3 is 1. The van der Waals surface area contributed by atoms with Crippen molar-refractivity contribution in [1.29, 1.82) is 0 Å². The third-order valence-corrected chi connectivity index (χ3v) is 9.55. The Morgan fingerprint density at radius 2 is 1.84 bits per heavy atom. The lowest BCUT2D eigenvalue weighted by Crippen LogP contribution is -2.44. The summed E-state index contributed by atoms with van der Waals surface area (Å²) in [5.74, 6) is 0.262. The molecule has 0 bridgehead atoms. The van der Waals surface area contributed by atoms with Gasteiger partial charge in [0.05, 0.1) is 28.9 Å². The molecule has 2 aromatic carbocycles. The number of pyridine rings is 1. The Morgan fingerprint density at radius 1 is 1.08 bits per heavy atom. The molecule has 5 rings (SSSR count). The van der Waals surface area contributed by atoms with Crippen LogP contribution >= 0.6 is 11.3 Å². The Kier molecular flexibility index (Phi) is 7.23. The van der Waals surface area contributed by atoms with Gasteiger partial charge in [-0.25, -0.2) is 13.4 Å². The summed E-state index contributed by atoms with van der Waals surface area (Å²) in [6.07, 6.45) is 2.58. The number of anilines is 1. The highest BCUT2D eigenvalue weighted by Gasteiger charge is 2.35. The van der Waals surface area contributed by atoms with Crippen LogP contribution in [-0.2, 0) is 21.4 Å². The highest BCUT2D eigenvalue weighted by atomic mass is 32.2. The number of thiazole rings is 1. The van der Waals surface area contributed by atoms with Gasteiger partial charge >= 0.3 is 0 Å². The summed E-state index contributed by atoms with van der Waals surface area (Å²) in [5.41, 5.74) is 2.47. The Balaban J connectivity index is 1.38. The second-order valence-electron chi connectivity index (χ2n) is 9.04. The van der Waals surface area contributed by atoms with Crippen LogP contribution in [0.15, 0.2) is 71.8 Å². The lowest BCUT2D eigenvalue weighted by Gasteiger charge is -2.33. The first kappa shape index (κ1) is 25.3. The smallest absolute Gasteiger partial charge is 0.243 e. The number of nitrogens with zero attached hydrogens (tertiary/aromatic N) is 4. The second kappa shape index (κ2) is 10.6. The molecule has 0 unspecified atom stereocenters. The summed E-state index contributed by atoms with van der Waals surface area (Å²) in [5, 5.41) is 0.574. The molecule has 0 N–H and O–H groups in total. The first-order chi connectivity index (χ1) is 17.9. The van der Waals surface area contributed by atoms with Gasteiger partial charge < -0.3 is 4.74 Å². The summed E-state index contributed by atoms with van der Waals surface area (Å²) in [6.45, 7) is 2.78. The molecule has 1 amide bonds. The number of hydrogen-bond acceptors (Lipinski definition) is 7. The fraction of sp³-hybridized carbons (Fsp3) is 0.296. The molecule has 8 nitrogen and oxygen atoms in total. The fourth-order valence-electron chi connectivity index (χ4n) is 4.51. The number of fused-ring (bicyclic) bond motifs is 1. The molecule has 192 valence electrons. The van der Waals surface area contributed by atoms with Crippen LogP contribution in [0.3, 0.4) is 0 Å². The van der Waals surface area contributed by atoms with E-state index >= 15 is 0 Å². The van der Waals surface area contributed by atoms with Crippen molar-refractivity contribution >= 4 is 42.6 Å². The van der Waals surface area contributed by atoms with Crippen molar-refractivity contribution in [3.05, 3.63) is 78.1 Å². The summed E-state index contributed by atoms with van der Waals surface area (Å²) >= 11 is 1.43. The Bertz CT molecular complexity index is 1500. The van der Waals surface area contributed by atoms with Crippen molar-refractivity contribution in [3.63, 3.8) is 0 Å². The molecule has 0 atom stereocenters. The topological polar surface area (TPSA) is 92.7 Å². The van der Waals surface area contributed by atoms with Crippen molar-refractivity contribution in [2.24, 2.45) is 5.92 Å². The molecule has 1 aliphatic rings. The van der Waals surface area contributed by atoms with Gasteiger partial charge in [-0.05, 0) is 56.2 Å². The molecule has 10 heteroatoms. The van der Waals surface area contributed by atoms with E-state index in [0.717, 1.165) is 16.0 Å². The number of ether oxygens (including phenoxy) is 1. The molecule has 0 radical (unpaired) electrons. The van der Waals surface area contributed by atoms with E-state index in [1.54, 1.807) is 42.5 Å². The van der Waals surface area contributed by atoms with Crippen LogP contribution in [0.4, 0.5) is 5.13 Å². The number of aryl methyl sites for hydroxylation is 1. The number of benzene rings is 2. The van der Waals surface area contributed by atoms with Crippen LogP contribution in [0.25, 0.3) is 10.2 Å². The van der Waals surface area contributed by atoms with Gasteiger partial charge in [-0.2, -0.15) is 4.31 Å². The molecule has 0 spiro atoms. The zero-order valence-electron chi connectivity index (χ0n) is 20.7. The SMILES string of the molecule is COc1cccc2sc(N(Cc3ccccn3)C(=O)C3CCN(S(=O)(=O)c4ccc(C)cc4)CC3)nc12. The van der Waals surface area contributed by atoms with Crippen molar-refractivity contribution in [3.8, 4) is 5.75 Å². The monoisotopic (exact) mass is 536 g/mol. The van der Waals surface area contributed by atoms with E-state index in [-0.39, 0.29) is 36.4 Å². The minimum absolute atomic E-state index is 0.0731. The van der Waals surface area contributed by atoms with Crippen molar-refractivity contribution in [2.45, 2.75) is 31.2 Å². The number of hydrogen-bond donors (Lipinski definition) is 0. The van der Waals surface area contributed by atoms with Gasteiger partial charge in [0, 0.05) is 25.2 Å². The maximum absolute atomic E-state index is 13.9. The van der Waals surface area contributed by atoms with Crippen molar-refractivity contribution < 1.29 is 17.9 Å². The zero-order chi connectivity index (χ0) is 26.0. The van der Waals surface area contributed by atoms with E-state index in [4.69, 9.17) is 9.72 Å². The van der Waals surface area contributed by atoms with Gasteiger partial charge in [0.2, 0.25) is 15.9 Å². The summed E-state index contributed by atoms with van der Waals surface area (Å²) in [7, 11) is -2.00. The zero-order valence-corrected chi connectivity index (χ0v) is 22.3. The first-order valence-corrected chi connectivity index (χ1v) is 14.3. The minimum Gasteiger partial charge on any atom is -0.494 e. The lowest BCUT2D eigenvalue weighted by atomic mass is 9.96. The van der Waals surface area contributed by atoms with Gasteiger partial charge in [-0.15, -0.1) is 0 Å². The normalized spacial score (nSPS) is 15.1. The van der Waals surface area contributed by atoms with E-state index < -0.39 is 10.0 Å². The van der Waals surface area contributed by atoms with Crippen molar-refractivity contribution in [1.82, 2.24) is 14.3 Å². The molecule has 2 aromatic heterocycles. The molecule has 37 heavy (non-hydrogen) atoms. The number of carbonyl (C=O) groups is 1. The maximum atomic E-state index is 13.9. The second-order valence-corrected chi connectivity index (χ2v) is 12.0. The quantitative estimate of drug-likeness (QED) is 0.342. The molecule has 4 aromatic rings. The molecule has 1 saturated heterocycles. The fourth-order valence-corrected chi connectivity index (χ4v) is 6.97. The molecule has 0 aliphatic carbocycles. The summed E-state index contributed by atoms with van der Waals surface area (Å²) < 4.78 is 34.1. The van der Waals surface area contributed by atoms with Gasteiger partial charge in [0.15, 0.2) is 5.13 Å². The van der Waals surface area contributed by atoms with E-state index in [2.05, 4.69) is 4.98 Å². The average Bonchev–Trinajstić information content (AvgIpc) is 3.36. The van der Waals surface area contributed by atoms with Crippen LogP contribution < -0.4 is 9.64 Å². The van der Waals surface area contributed by atoms with Crippen molar-refractivity contribution in [2.75, 3.05) is 25.1 Å². The molecule has 0 saturated carbocycles. The number of amides is 1. The Hall–Kier alpha value is -3.34. The van der Waals surface area contributed by atoms with Gasteiger partial charge in [-0.3, -0.25) is 14.7 Å². The molecule has 3 heterocycles. The van der Waals surface area contributed by atoms with E-state index in [0.29, 0.717) is 29.2 Å². The highest BCUT2D eigenvalue weighted by Crippen LogP contribution is 2.36. The largest absolute Gasteiger partial charge is 0.494 e. The number of piperidine rings is 1. The Labute approximate surface area is 220 Å². The van der Waals surface area contributed by atoms with Gasteiger partial charge in [0.25, 0.3) is 0 Å². The predicted octanol–water partition coefficient (Wildman–Crippen LogP) is 4.64. The average molecular weight is 537 g/mol. The van der Waals surface area contributed by atoms with E-state index in [9.17, 15) is 13.2 Å². The standard InChI is InChI=1S/C27H28N4O4S2/c1-19-9-11-22(12-10-19)37(33,34)30-16-13-20(14-17-30)26(32)31(18-21-6-3-4-15-28-21)27-29-25-23(35-2)7-5-8-24(25)36-27/h3-12,15,20H,13-14,16-18H2,1-2H3. The van der Waals surface area contributed by atoms with Crippen LogP contribution in [0, 0.1) is 12.8 Å². The number of para-hydroxylation sites is 1.